The first-order valence-corrected chi connectivity index (χ1v) is 8.75. The lowest BCUT2D eigenvalue weighted by atomic mass is 10.2. The number of hydrogen-bond acceptors (Lipinski definition) is 7. The zero-order valence-corrected chi connectivity index (χ0v) is 15.5. The maximum absolute atomic E-state index is 12.6. The van der Waals surface area contributed by atoms with E-state index in [1.54, 1.807) is 4.90 Å². The van der Waals surface area contributed by atoms with Gasteiger partial charge >= 0.3 is 11.3 Å². The van der Waals surface area contributed by atoms with Crippen LogP contribution in [-0.4, -0.2) is 45.7 Å². The molecule has 0 spiro atoms. The van der Waals surface area contributed by atoms with E-state index in [2.05, 4.69) is 26.6 Å². The second-order valence-electron chi connectivity index (χ2n) is 6.24. The number of aromatic nitrogens is 1. The smallest absolute Gasteiger partial charge is 0.420 e. The van der Waals surface area contributed by atoms with Crippen LogP contribution in [0.25, 0.3) is 0 Å². The van der Waals surface area contributed by atoms with Crippen molar-refractivity contribution in [3.05, 3.63) is 52.2 Å². The molecule has 12 heteroatoms. The Bertz CT molecular complexity index is 923. The molecule has 1 unspecified atom stereocenters. The van der Waals surface area contributed by atoms with Crippen molar-refractivity contribution in [2.75, 3.05) is 23.3 Å². The summed E-state index contributed by atoms with van der Waals surface area (Å²) in [5, 5.41) is 23.5. The predicted molar refractivity (Wildman–Crippen MR) is 99.6 cm³/mol. The van der Waals surface area contributed by atoms with Gasteiger partial charge in [-0.1, -0.05) is 0 Å². The van der Waals surface area contributed by atoms with Crippen LogP contribution in [-0.2, 0) is 0 Å². The molecular formula is C17H15ClF2N4O5. The summed E-state index contributed by atoms with van der Waals surface area (Å²) in [6.07, 6.45) is 1.06. The van der Waals surface area contributed by atoms with E-state index in [0.29, 0.717) is 13.0 Å². The molecule has 1 amide bonds. The largest absolute Gasteiger partial charge is 0.487 e. The minimum Gasteiger partial charge on any atom is -0.420 e. The number of nitrogens with zero attached hydrogens (tertiary/aromatic N) is 3. The van der Waals surface area contributed by atoms with E-state index >= 15 is 0 Å². The van der Waals surface area contributed by atoms with Crippen LogP contribution in [0.2, 0.25) is 0 Å². The predicted octanol–water partition coefficient (Wildman–Crippen LogP) is 2.98. The molecule has 1 aliphatic rings. The van der Waals surface area contributed by atoms with Gasteiger partial charge in [-0.2, -0.15) is 0 Å². The molecule has 154 valence electrons. The molecule has 1 atom stereocenters. The fourth-order valence-corrected chi connectivity index (χ4v) is 2.91. The average Bonchev–Trinajstić information content (AvgIpc) is 3.07. The van der Waals surface area contributed by atoms with Crippen molar-refractivity contribution in [1.29, 1.82) is 0 Å². The van der Waals surface area contributed by atoms with Crippen LogP contribution in [0.15, 0.2) is 36.5 Å². The third-order valence-electron chi connectivity index (χ3n) is 4.11. The molecule has 1 aromatic carbocycles. The zero-order chi connectivity index (χ0) is 21.2. The van der Waals surface area contributed by atoms with Gasteiger partial charge < -0.3 is 20.1 Å². The zero-order valence-electron chi connectivity index (χ0n) is 14.7. The molecule has 0 aliphatic carbocycles. The van der Waals surface area contributed by atoms with Crippen molar-refractivity contribution in [1.82, 2.24) is 4.98 Å². The third-order valence-corrected chi connectivity index (χ3v) is 4.19. The van der Waals surface area contributed by atoms with Gasteiger partial charge in [0.05, 0.1) is 16.6 Å². The normalized spacial score (nSPS) is 16.6. The van der Waals surface area contributed by atoms with Crippen LogP contribution >= 0.6 is 11.6 Å². The fourth-order valence-electron chi connectivity index (χ4n) is 2.83. The van der Waals surface area contributed by atoms with E-state index in [1.807, 2.05) is 0 Å². The number of hydrogen-bond donors (Lipinski definition) is 2. The molecule has 9 nitrogen and oxygen atoms in total. The van der Waals surface area contributed by atoms with E-state index in [0.717, 1.165) is 6.07 Å². The number of carbonyl (C=O) groups is 1. The molecule has 1 saturated heterocycles. The van der Waals surface area contributed by atoms with Gasteiger partial charge in [-0.15, -0.1) is 8.78 Å². The number of pyridine rings is 1. The molecule has 0 bridgehead atoms. The van der Waals surface area contributed by atoms with Crippen LogP contribution in [0.3, 0.4) is 0 Å². The quantitative estimate of drug-likeness (QED) is 0.412. The number of aliphatic hydroxyl groups is 1. The van der Waals surface area contributed by atoms with Crippen molar-refractivity contribution < 1.29 is 28.3 Å². The van der Waals surface area contributed by atoms with Gasteiger partial charge in [-0.05, 0) is 30.7 Å². The minimum atomic E-state index is -3.86. The van der Waals surface area contributed by atoms with Crippen LogP contribution in [0.1, 0.15) is 16.8 Å². The molecule has 0 saturated carbocycles. The van der Waals surface area contributed by atoms with Crippen molar-refractivity contribution in [2.24, 2.45) is 0 Å². The Hall–Kier alpha value is -3.05. The molecule has 1 fully saturated rings. The molecule has 2 heterocycles. The number of aliphatic hydroxyl groups excluding tert-OH is 1. The van der Waals surface area contributed by atoms with Crippen molar-refractivity contribution in [3.8, 4) is 5.75 Å². The maximum Gasteiger partial charge on any atom is 0.487 e. The molecule has 1 aromatic heterocycles. The second-order valence-corrected chi connectivity index (χ2v) is 6.68. The highest BCUT2D eigenvalue weighted by atomic mass is 35.5. The maximum atomic E-state index is 12.6. The number of amides is 1. The molecule has 0 radical (unpaired) electrons. The highest BCUT2D eigenvalue weighted by molar-refractivity contribution is 6.20. The number of nitro groups is 1. The van der Waals surface area contributed by atoms with Crippen molar-refractivity contribution >= 4 is 34.7 Å². The Balaban J connectivity index is 1.75. The Labute approximate surface area is 168 Å². The summed E-state index contributed by atoms with van der Waals surface area (Å²) in [6, 6.07) is 6.05. The van der Waals surface area contributed by atoms with Crippen LogP contribution in [0.4, 0.5) is 26.0 Å². The molecule has 1 aliphatic heterocycles. The van der Waals surface area contributed by atoms with Gasteiger partial charge in [-0.3, -0.25) is 14.9 Å². The number of ether oxygens (including phenoxy) is 1. The average molecular weight is 429 g/mol. The van der Waals surface area contributed by atoms with Gasteiger partial charge in [0.2, 0.25) is 5.82 Å². The second kappa shape index (κ2) is 8.13. The number of alkyl halides is 3. The Morgan fingerprint density at radius 2 is 2.10 bits per heavy atom. The monoisotopic (exact) mass is 428 g/mol. The minimum absolute atomic E-state index is 0.0622. The Kier molecular flexibility index (Phi) is 5.80. The lowest BCUT2D eigenvalue weighted by Gasteiger charge is -2.16. The highest BCUT2D eigenvalue weighted by Crippen LogP contribution is 2.30. The van der Waals surface area contributed by atoms with E-state index in [4.69, 9.17) is 0 Å². The van der Waals surface area contributed by atoms with Crippen LogP contribution < -0.4 is 15.0 Å². The van der Waals surface area contributed by atoms with Gasteiger partial charge in [0.1, 0.15) is 5.75 Å². The van der Waals surface area contributed by atoms with Crippen LogP contribution in [0.5, 0.6) is 5.75 Å². The fraction of sp³-hybridized carbons (Fsp3) is 0.294. The van der Waals surface area contributed by atoms with Gasteiger partial charge in [0, 0.05) is 42.6 Å². The summed E-state index contributed by atoms with van der Waals surface area (Å²) < 4.78 is 29.4. The molecular weight excluding hydrogens is 414 g/mol. The number of carbonyl (C=O) groups excluding carboxylic acids is 1. The van der Waals surface area contributed by atoms with Gasteiger partial charge in [0.15, 0.2) is 0 Å². The molecule has 2 aromatic rings. The van der Waals surface area contributed by atoms with E-state index in [1.165, 1.54) is 30.5 Å². The number of halogens is 3. The Morgan fingerprint density at radius 3 is 2.66 bits per heavy atom. The number of β-amino-alcohol motifs (C(OH)–C–C–N with tert-alkyl or cyclic N) is 1. The molecule has 3 rings (SSSR count). The first-order chi connectivity index (χ1) is 13.6. The van der Waals surface area contributed by atoms with E-state index in [9.17, 15) is 28.8 Å². The van der Waals surface area contributed by atoms with E-state index < -0.39 is 22.5 Å². The first-order valence-electron chi connectivity index (χ1n) is 8.37. The Morgan fingerprint density at radius 1 is 1.41 bits per heavy atom. The van der Waals surface area contributed by atoms with Crippen molar-refractivity contribution in [3.63, 3.8) is 0 Å². The summed E-state index contributed by atoms with van der Waals surface area (Å²) in [6.45, 7) is 0.630. The highest BCUT2D eigenvalue weighted by Gasteiger charge is 2.29. The standard InChI is InChI=1S/C17H15ClF2N4O5/c18-17(19,20)29-13-3-1-11(2-4-13)22-16(26)10-7-14(24(27)28)15(21-8-10)23-6-5-12(25)9-23/h1-4,7-8,12,25H,5-6,9H2,(H,22,26). The number of rotatable bonds is 6. The first kappa shape index (κ1) is 20.7. The SMILES string of the molecule is O=C(Nc1ccc(OC(F)(F)Cl)cc1)c1cnc(N2CCC(O)C2)c([N+](=O)[O-])c1. The summed E-state index contributed by atoms with van der Waals surface area (Å²) >= 11 is 4.68. The molecule has 2 N–H and O–H groups in total. The van der Waals surface area contributed by atoms with Gasteiger partial charge in [0.25, 0.3) is 5.91 Å². The van der Waals surface area contributed by atoms with Crippen molar-refractivity contribution in [2.45, 2.75) is 18.1 Å². The number of anilines is 2. The summed E-state index contributed by atoms with van der Waals surface area (Å²) in [5.74, 6) is -0.811. The summed E-state index contributed by atoms with van der Waals surface area (Å²) in [5.41, 5.74) is -4.04. The van der Waals surface area contributed by atoms with Crippen LogP contribution in [0, 0.1) is 10.1 Å². The lowest BCUT2D eigenvalue weighted by molar-refractivity contribution is -0.384. The van der Waals surface area contributed by atoms with E-state index in [-0.39, 0.29) is 35.1 Å². The summed E-state index contributed by atoms with van der Waals surface area (Å²) in [4.78, 5) is 28.7. The molecule has 29 heavy (non-hydrogen) atoms. The van der Waals surface area contributed by atoms with Gasteiger partial charge in [-0.25, -0.2) is 4.98 Å². The summed E-state index contributed by atoms with van der Waals surface area (Å²) in [7, 11) is 0. The number of nitrogens with one attached hydrogen (secondary N) is 1. The third kappa shape index (κ3) is 5.27. The topological polar surface area (TPSA) is 118 Å². The number of benzene rings is 1. The lowest BCUT2D eigenvalue weighted by Crippen LogP contribution is -2.24.